The standard InChI is InChI=1S/C26H29Cl2F3N4O5/c1-24(2,3)20(39-15-4-6-16(7-5-15)40-26(29,30)31)23(38)35-12-17-18(25(17,27)28)19(35)22(37)34-14(11-32)10-13-8-9-33-21(13)36/h4-7,13-14,17-20H,8-10,12H2,1-3H3,(H,33,36)(H,34,37)/t13-,14-,17-,18-,19-,20+/m0/s1. The van der Waals surface area contributed by atoms with E-state index in [4.69, 9.17) is 27.9 Å². The molecule has 3 aliphatic rings. The molecule has 3 fully saturated rings. The third-order valence-electron chi connectivity index (χ3n) is 7.36. The molecule has 0 unspecified atom stereocenters. The Morgan fingerprint density at radius 2 is 1.85 bits per heavy atom. The van der Waals surface area contributed by atoms with Crippen molar-refractivity contribution in [2.24, 2.45) is 23.2 Å². The molecule has 1 aromatic rings. The largest absolute Gasteiger partial charge is 0.573 e. The molecule has 2 aliphatic heterocycles. The minimum absolute atomic E-state index is 0.0745. The second kappa shape index (κ2) is 10.8. The lowest BCUT2D eigenvalue weighted by atomic mass is 9.87. The number of hydrogen-bond acceptors (Lipinski definition) is 6. The van der Waals surface area contributed by atoms with Gasteiger partial charge in [-0.05, 0) is 37.1 Å². The second-order valence-corrected chi connectivity index (χ2v) is 12.8. The number of nitrogens with zero attached hydrogens (tertiary/aromatic N) is 2. The quantitative estimate of drug-likeness (QED) is 0.438. The van der Waals surface area contributed by atoms with Gasteiger partial charge in [0.15, 0.2) is 6.10 Å². The number of hydrogen-bond donors (Lipinski definition) is 2. The lowest BCUT2D eigenvalue weighted by Crippen LogP contribution is -2.57. The molecule has 3 amide bonds. The average molecular weight is 605 g/mol. The van der Waals surface area contributed by atoms with Gasteiger partial charge < -0.3 is 25.0 Å². The van der Waals surface area contributed by atoms with Crippen molar-refractivity contribution >= 4 is 40.9 Å². The summed E-state index contributed by atoms with van der Waals surface area (Å²) in [7, 11) is 0. The summed E-state index contributed by atoms with van der Waals surface area (Å²) < 4.78 is 46.1. The van der Waals surface area contributed by atoms with Crippen molar-refractivity contribution in [3.63, 3.8) is 0 Å². The van der Waals surface area contributed by atoms with Gasteiger partial charge in [0, 0.05) is 36.3 Å². The number of ether oxygens (including phenoxy) is 2. The van der Waals surface area contributed by atoms with Crippen LogP contribution in [0.15, 0.2) is 24.3 Å². The molecule has 6 atom stereocenters. The van der Waals surface area contributed by atoms with E-state index in [9.17, 15) is 32.8 Å². The summed E-state index contributed by atoms with van der Waals surface area (Å²) in [5, 5.41) is 15.0. The number of likely N-dealkylation sites (tertiary alicyclic amines) is 1. The first-order chi connectivity index (χ1) is 18.5. The Bertz CT molecular complexity index is 1200. The van der Waals surface area contributed by atoms with E-state index in [1.807, 2.05) is 6.07 Å². The second-order valence-electron chi connectivity index (χ2n) is 11.3. The third kappa shape index (κ3) is 6.36. The Hall–Kier alpha value is -2.91. The van der Waals surface area contributed by atoms with Crippen LogP contribution in [0.1, 0.15) is 33.6 Å². The number of piperidine rings is 1. The minimum Gasteiger partial charge on any atom is -0.480 e. The Kier molecular flexibility index (Phi) is 8.13. The lowest BCUT2D eigenvalue weighted by Gasteiger charge is -2.37. The van der Waals surface area contributed by atoms with Gasteiger partial charge >= 0.3 is 6.36 Å². The van der Waals surface area contributed by atoms with Crippen LogP contribution in [0.3, 0.4) is 0 Å². The van der Waals surface area contributed by atoms with E-state index in [-0.39, 0.29) is 30.5 Å². The normalized spacial score (nSPS) is 26.7. The molecule has 9 nitrogen and oxygen atoms in total. The number of benzene rings is 1. The van der Waals surface area contributed by atoms with Gasteiger partial charge in [0.25, 0.3) is 5.91 Å². The minimum atomic E-state index is -4.85. The first kappa shape index (κ1) is 30.1. The lowest BCUT2D eigenvalue weighted by molar-refractivity contribution is -0.274. The van der Waals surface area contributed by atoms with Crippen LogP contribution in [0.5, 0.6) is 11.5 Å². The van der Waals surface area contributed by atoms with E-state index in [1.165, 1.54) is 17.0 Å². The smallest absolute Gasteiger partial charge is 0.480 e. The SMILES string of the molecule is CC(C)(C)[C@H](Oc1ccc(OC(F)(F)F)cc1)C(=O)N1C[C@H]2[C@@H]([C@H]1C(=O)N[C@H](C#N)C[C@@H]1CCNC1=O)C2(Cl)Cl. The van der Waals surface area contributed by atoms with Gasteiger partial charge in [-0.1, -0.05) is 20.8 Å². The summed E-state index contributed by atoms with van der Waals surface area (Å²) >= 11 is 12.8. The Balaban J connectivity index is 1.51. The van der Waals surface area contributed by atoms with Crippen LogP contribution < -0.4 is 20.1 Å². The topological polar surface area (TPSA) is 121 Å². The van der Waals surface area contributed by atoms with E-state index in [0.717, 1.165) is 12.1 Å². The zero-order valence-corrected chi connectivity index (χ0v) is 23.4. The van der Waals surface area contributed by atoms with E-state index < -0.39 is 63.7 Å². The summed E-state index contributed by atoms with van der Waals surface area (Å²) in [6.45, 7) is 5.81. The Morgan fingerprint density at radius 3 is 2.38 bits per heavy atom. The number of carbonyl (C=O) groups excluding carboxylic acids is 3. The maximum Gasteiger partial charge on any atom is 0.573 e. The molecule has 4 rings (SSSR count). The van der Waals surface area contributed by atoms with Crippen molar-refractivity contribution in [3.8, 4) is 17.6 Å². The number of nitriles is 1. The number of carbonyl (C=O) groups is 3. The highest BCUT2D eigenvalue weighted by Gasteiger charge is 2.74. The summed E-state index contributed by atoms with van der Waals surface area (Å²) in [4.78, 5) is 40.6. The molecule has 14 heteroatoms. The molecule has 0 radical (unpaired) electrons. The molecule has 0 aromatic heterocycles. The van der Waals surface area contributed by atoms with E-state index in [2.05, 4.69) is 15.4 Å². The van der Waals surface area contributed by atoms with Crippen molar-refractivity contribution in [1.82, 2.24) is 15.5 Å². The highest BCUT2D eigenvalue weighted by atomic mass is 35.5. The van der Waals surface area contributed by atoms with Gasteiger partial charge in [-0.25, -0.2) is 0 Å². The van der Waals surface area contributed by atoms with Crippen LogP contribution in [0.4, 0.5) is 13.2 Å². The summed E-state index contributed by atoms with van der Waals surface area (Å²) in [6.07, 6.45) is -5.32. The van der Waals surface area contributed by atoms with Crippen LogP contribution in [0, 0.1) is 34.5 Å². The Morgan fingerprint density at radius 1 is 1.23 bits per heavy atom. The molecule has 1 saturated carbocycles. The average Bonchev–Trinajstić information content (AvgIpc) is 3.19. The van der Waals surface area contributed by atoms with Crippen LogP contribution in [-0.4, -0.2) is 64.6 Å². The highest BCUT2D eigenvalue weighted by molar-refractivity contribution is 6.51. The fourth-order valence-corrected chi connectivity index (χ4v) is 6.12. The predicted octanol–water partition coefficient (Wildman–Crippen LogP) is 3.54. The molecule has 218 valence electrons. The van der Waals surface area contributed by atoms with E-state index >= 15 is 0 Å². The van der Waals surface area contributed by atoms with Crippen molar-refractivity contribution < 1.29 is 37.0 Å². The molecule has 2 heterocycles. The first-order valence-corrected chi connectivity index (χ1v) is 13.5. The van der Waals surface area contributed by atoms with Crippen molar-refractivity contribution in [2.45, 2.75) is 62.5 Å². The van der Waals surface area contributed by atoms with Gasteiger partial charge in [0.05, 0.1) is 6.07 Å². The van der Waals surface area contributed by atoms with Crippen LogP contribution in [0.2, 0.25) is 0 Å². The van der Waals surface area contributed by atoms with Gasteiger partial charge in [0.2, 0.25) is 11.8 Å². The van der Waals surface area contributed by atoms with Crippen molar-refractivity contribution in [2.75, 3.05) is 13.1 Å². The van der Waals surface area contributed by atoms with Crippen LogP contribution >= 0.6 is 23.2 Å². The maximum absolute atomic E-state index is 13.9. The molecule has 40 heavy (non-hydrogen) atoms. The summed E-state index contributed by atoms with van der Waals surface area (Å²) in [6, 6.07) is 4.58. The molecular formula is C26H29Cl2F3N4O5. The number of fused-ring (bicyclic) bond motifs is 1. The van der Waals surface area contributed by atoms with Gasteiger partial charge in [-0.15, -0.1) is 36.4 Å². The highest BCUT2D eigenvalue weighted by Crippen LogP contribution is 2.65. The fraction of sp³-hybridized carbons (Fsp3) is 0.615. The van der Waals surface area contributed by atoms with E-state index in [1.54, 1.807) is 20.8 Å². The number of rotatable bonds is 8. The number of nitrogens with one attached hydrogen (secondary N) is 2. The van der Waals surface area contributed by atoms with E-state index in [0.29, 0.717) is 13.0 Å². The maximum atomic E-state index is 13.9. The molecule has 0 bridgehead atoms. The van der Waals surface area contributed by atoms with Crippen molar-refractivity contribution in [3.05, 3.63) is 24.3 Å². The summed E-state index contributed by atoms with van der Waals surface area (Å²) in [5.41, 5.74) is -0.796. The zero-order chi connectivity index (χ0) is 29.6. The zero-order valence-electron chi connectivity index (χ0n) is 21.9. The monoisotopic (exact) mass is 604 g/mol. The fourth-order valence-electron chi connectivity index (χ4n) is 5.29. The molecule has 0 spiro atoms. The van der Waals surface area contributed by atoms with Crippen LogP contribution in [0.25, 0.3) is 0 Å². The third-order valence-corrected chi connectivity index (χ3v) is 8.43. The molecule has 2 saturated heterocycles. The van der Waals surface area contributed by atoms with Crippen LogP contribution in [-0.2, 0) is 14.4 Å². The van der Waals surface area contributed by atoms with Gasteiger partial charge in [0.1, 0.15) is 27.9 Å². The summed E-state index contributed by atoms with van der Waals surface area (Å²) in [5.74, 6) is -3.03. The molecule has 1 aliphatic carbocycles. The molecule has 1 aromatic carbocycles. The van der Waals surface area contributed by atoms with Gasteiger partial charge in [-0.3, -0.25) is 14.4 Å². The number of amides is 3. The van der Waals surface area contributed by atoms with Gasteiger partial charge in [-0.2, -0.15) is 5.26 Å². The number of halogens is 5. The predicted molar refractivity (Wildman–Crippen MR) is 137 cm³/mol. The first-order valence-electron chi connectivity index (χ1n) is 12.7. The Labute approximate surface area is 239 Å². The van der Waals surface area contributed by atoms with Crippen molar-refractivity contribution in [1.29, 1.82) is 5.26 Å². The molecular weight excluding hydrogens is 576 g/mol. The number of alkyl halides is 5. The molecule has 2 N–H and O–H groups in total.